The molecule has 2 fully saturated rings. The zero-order chi connectivity index (χ0) is 26.4. The molecule has 0 radical (unpaired) electrons. The van der Waals surface area contributed by atoms with Crippen molar-refractivity contribution in [3.63, 3.8) is 0 Å². The van der Waals surface area contributed by atoms with Gasteiger partial charge in [0.1, 0.15) is 5.75 Å². The van der Waals surface area contributed by atoms with Crippen molar-refractivity contribution in [3.05, 3.63) is 58.4 Å². The van der Waals surface area contributed by atoms with E-state index in [0.29, 0.717) is 54.5 Å². The maximum atomic E-state index is 14.5. The SMILES string of the molecule is O=C(NCCNC(=O)c1ccc(OCC2CC2)c(Cl)c1)c1ccc(OC2CCC(C(=O)O)CC2)c(F)c1. The van der Waals surface area contributed by atoms with Gasteiger partial charge in [-0.25, -0.2) is 4.39 Å². The molecule has 0 saturated heterocycles. The molecule has 2 amide bonds. The molecule has 0 heterocycles. The van der Waals surface area contributed by atoms with Gasteiger partial charge in [-0.05, 0) is 80.8 Å². The Balaban J connectivity index is 1.19. The molecule has 0 aliphatic heterocycles. The molecule has 0 atom stereocenters. The monoisotopic (exact) mass is 532 g/mol. The number of aliphatic carboxylic acids is 1. The number of hydrogen-bond acceptors (Lipinski definition) is 5. The van der Waals surface area contributed by atoms with Crippen LogP contribution in [-0.4, -0.2) is 48.7 Å². The summed E-state index contributed by atoms with van der Waals surface area (Å²) in [6.07, 6.45) is 4.14. The molecule has 4 rings (SSSR count). The first-order chi connectivity index (χ1) is 17.8. The van der Waals surface area contributed by atoms with Crippen LogP contribution in [0.15, 0.2) is 36.4 Å². The lowest BCUT2D eigenvalue weighted by molar-refractivity contribution is -0.143. The second-order valence-corrected chi connectivity index (χ2v) is 9.89. The molecule has 2 aliphatic carbocycles. The van der Waals surface area contributed by atoms with Crippen molar-refractivity contribution in [3.8, 4) is 11.5 Å². The van der Waals surface area contributed by atoms with Crippen LogP contribution < -0.4 is 20.1 Å². The molecule has 2 aliphatic rings. The van der Waals surface area contributed by atoms with E-state index in [1.165, 1.54) is 25.0 Å². The van der Waals surface area contributed by atoms with E-state index in [2.05, 4.69) is 10.6 Å². The Labute approximate surface area is 219 Å². The molecule has 0 unspecified atom stereocenters. The first-order valence-electron chi connectivity index (χ1n) is 12.5. The van der Waals surface area contributed by atoms with Gasteiger partial charge in [0.05, 0.1) is 23.7 Å². The zero-order valence-electron chi connectivity index (χ0n) is 20.3. The maximum Gasteiger partial charge on any atom is 0.306 e. The average Bonchev–Trinajstić information content (AvgIpc) is 3.71. The number of carboxylic acid groups (broad SMARTS) is 1. The fourth-order valence-electron chi connectivity index (χ4n) is 4.15. The van der Waals surface area contributed by atoms with Crippen molar-refractivity contribution in [1.29, 1.82) is 0 Å². The van der Waals surface area contributed by atoms with E-state index in [4.69, 9.17) is 26.2 Å². The lowest BCUT2D eigenvalue weighted by atomic mass is 9.87. The summed E-state index contributed by atoms with van der Waals surface area (Å²) >= 11 is 6.22. The smallest absolute Gasteiger partial charge is 0.306 e. The van der Waals surface area contributed by atoms with Crippen molar-refractivity contribution in [2.45, 2.75) is 44.6 Å². The second kappa shape index (κ2) is 12.3. The van der Waals surface area contributed by atoms with Gasteiger partial charge in [0, 0.05) is 24.2 Å². The molecule has 37 heavy (non-hydrogen) atoms. The van der Waals surface area contributed by atoms with Gasteiger partial charge in [0.25, 0.3) is 11.8 Å². The molecule has 10 heteroatoms. The molecule has 2 saturated carbocycles. The summed E-state index contributed by atoms with van der Waals surface area (Å²) in [5.74, 6) is -1.51. The highest BCUT2D eigenvalue weighted by Crippen LogP contribution is 2.32. The van der Waals surface area contributed by atoms with E-state index in [9.17, 15) is 18.8 Å². The van der Waals surface area contributed by atoms with Crippen LogP contribution in [0.3, 0.4) is 0 Å². The van der Waals surface area contributed by atoms with E-state index in [1.807, 2.05) is 0 Å². The van der Waals surface area contributed by atoms with Crippen molar-refractivity contribution < 1.29 is 33.4 Å². The number of carbonyl (C=O) groups is 3. The fourth-order valence-corrected chi connectivity index (χ4v) is 4.39. The minimum atomic E-state index is -0.813. The molecule has 3 N–H and O–H groups in total. The summed E-state index contributed by atoms with van der Waals surface area (Å²) in [4.78, 5) is 35.8. The van der Waals surface area contributed by atoms with E-state index in [1.54, 1.807) is 18.2 Å². The maximum absolute atomic E-state index is 14.5. The quantitative estimate of drug-likeness (QED) is 0.368. The number of benzene rings is 2. The molecule has 2 aromatic carbocycles. The van der Waals surface area contributed by atoms with Crippen molar-refractivity contribution in [1.82, 2.24) is 10.6 Å². The third-order valence-corrected chi connectivity index (χ3v) is 6.87. The second-order valence-electron chi connectivity index (χ2n) is 9.49. The van der Waals surface area contributed by atoms with Crippen molar-refractivity contribution in [2.24, 2.45) is 11.8 Å². The van der Waals surface area contributed by atoms with Crippen LogP contribution in [0.2, 0.25) is 5.02 Å². The van der Waals surface area contributed by atoms with E-state index < -0.39 is 17.7 Å². The van der Waals surface area contributed by atoms with Crippen LogP contribution in [-0.2, 0) is 4.79 Å². The van der Waals surface area contributed by atoms with Crippen molar-refractivity contribution in [2.75, 3.05) is 19.7 Å². The summed E-state index contributed by atoms with van der Waals surface area (Å²) < 4.78 is 25.9. The standard InChI is InChI=1S/C27H30ClFN2O6/c28-21-13-18(5-9-23(21)36-15-16-1-2-16)25(32)30-11-12-31-26(33)19-6-10-24(22(29)14-19)37-20-7-3-17(4-8-20)27(34)35/h5-6,9-10,13-14,16-17,20H,1-4,7-8,11-12,15H2,(H,30,32)(H,31,33)(H,34,35). The molecule has 198 valence electrons. The van der Waals surface area contributed by atoms with E-state index in [0.717, 1.165) is 6.07 Å². The lowest BCUT2D eigenvalue weighted by Gasteiger charge is -2.27. The number of hydrogen-bond donors (Lipinski definition) is 3. The van der Waals surface area contributed by atoms with Crippen LogP contribution in [0, 0.1) is 17.7 Å². The molecule has 8 nitrogen and oxygen atoms in total. The number of nitrogens with one attached hydrogen (secondary N) is 2. The summed E-state index contributed by atoms with van der Waals surface area (Å²) in [6.45, 7) is 0.943. The summed E-state index contributed by atoms with van der Waals surface area (Å²) in [6, 6.07) is 8.81. The first kappa shape index (κ1) is 26.7. The Kier molecular flexibility index (Phi) is 8.87. The zero-order valence-corrected chi connectivity index (χ0v) is 21.1. The summed E-state index contributed by atoms with van der Waals surface area (Å²) in [5, 5.41) is 14.8. The van der Waals surface area contributed by atoms with Gasteiger partial charge in [-0.2, -0.15) is 0 Å². The Morgan fingerprint density at radius 3 is 2.03 bits per heavy atom. The Morgan fingerprint density at radius 2 is 1.49 bits per heavy atom. The predicted octanol–water partition coefficient (Wildman–Crippen LogP) is 4.45. The predicted molar refractivity (Wildman–Crippen MR) is 135 cm³/mol. The Bertz CT molecular complexity index is 1150. The topological polar surface area (TPSA) is 114 Å². The normalized spacial score (nSPS) is 19.1. The van der Waals surface area contributed by atoms with Gasteiger partial charge in [0.2, 0.25) is 0 Å². The minimum Gasteiger partial charge on any atom is -0.492 e. The summed E-state index contributed by atoms with van der Waals surface area (Å²) in [7, 11) is 0. The highest BCUT2D eigenvalue weighted by Gasteiger charge is 2.27. The van der Waals surface area contributed by atoms with Gasteiger partial charge < -0.3 is 25.2 Å². The van der Waals surface area contributed by atoms with E-state index >= 15 is 0 Å². The molecule has 0 bridgehead atoms. The number of rotatable bonds is 11. The van der Waals surface area contributed by atoms with Crippen LogP contribution in [0.4, 0.5) is 4.39 Å². The van der Waals surface area contributed by atoms with Crippen LogP contribution in [0.1, 0.15) is 59.2 Å². The average molecular weight is 533 g/mol. The van der Waals surface area contributed by atoms with Crippen LogP contribution in [0.5, 0.6) is 11.5 Å². The van der Waals surface area contributed by atoms with Gasteiger partial charge in [-0.1, -0.05) is 11.6 Å². The van der Waals surface area contributed by atoms with Gasteiger partial charge >= 0.3 is 5.97 Å². The molecular formula is C27H30ClFN2O6. The number of ether oxygens (including phenoxy) is 2. The first-order valence-corrected chi connectivity index (χ1v) is 12.9. The lowest BCUT2D eigenvalue weighted by Crippen LogP contribution is -2.34. The summed E-state index contributed by atoms with van der Waals surface area (Å²) in [5.41, 5.74) is 0.503. The molecular weight excluding hydrogens is 503 g/mol. The highest BCUT2D eigenvalue weighted by atomic mass is 35.5. The molecule has 0 aromatic heterocycles. The molecule has 0 spiro atoms. The highest BCUT2D eigenvalue weighted by molar-refractivity contribution is 6.32. The van der Waals surface area contributed by atoms with Gasteiger partial charge in [-0.15, -0.1) is 0 Å². The van der Waals surface area contributed by atoms with E-state index in [-0.39, 0.29) is 42.3 Å². The number of amides is 2. The Morgan fingerprint density at radius 1 is 0.892 bits per heavy atom. The third-order valence-electron chi connectivity index (χ3n) is 6.57. The number of carbonyl (C=O) groups excluding carboxylic acids is 2. The van der Waals surface area contributed by atoms with Crippen molar-refractivity contribution >= 4 is 29.4 Å². The number of halogens is 2. The van der Waals surface area contributed by atoms with Gasteiger partial charge in [0.15, 0.2) is 11.6 Å². The fraction of sp³-hybridized carbons (Fsp3) is 0.444. The minimum absolute atomic E-state index is 0.0326. The Hall–Kier alpha value is -3.33. The molecule has 2 aromatic rings. The third kappa shape index (κ3) is 7.58. The van der Waals surface area contributed by atoms with Crippen LogP contribution >= 0.6 is 11.6 Å². The van der Waals surface area contributed by atoms with Crippen LogP contribution in [0.25, 0.3) is 0 Å². The van der Waals surface area contributed by atoms with Gasteiger partial charge in [-0.3, -0.25) is 14.4 Å². The largest absolute Gasteiger partial charge is 0.492 e. The number of carboxylic acids is 1.